The zero-order chi connectivity index (χ0) is 17.5. The Morgan fingerprint density at radius 1 is 1.21 bits per heavy atom. The van der Waals surface area contributed by atoms with Crippen LogP contribution in [0.1, 0.15) is 26.7 Å². The lowest BCUT2D eigenvalue weighted by Crippen LogP contribution is -2.18. The van der Waals surface area contributed by atoms with Crippen molar-refractivity contribution in [3.8, 4) is 5.75 Å². The Kier molecular flexibility index (Phi) is 5.89. The number of hydrogen-bond acceptors (Lipinski definition) is 4. The van der Waals surface area contributed by atoms with Crippen molar-refractivity contribution in [1.82, 2.24) is 0 Å². The number of phenols is 1. The molecule has 0 aliphatic heterocycles. The van der Waals surface area contributed by atoms with Crippen LogP contribution >= 0.6 is 0 Å². The molecule has 0 heterocycles. The van der Waals surface area contributed by atoms with E-state index in [-0.39, 0.29) is 11.5 Å². The van der Waals surface area contributed by atoms with E-state index in [1.165, 1.54) is 13.0 Å². The van der Waals surface area contributed by atoms with Crippen molar-refractivity contribution < 1.29 is 19.4 Å². The highest BCUT2D eigenvalue weighted by Gasteiger charge is 2.12. The molecule has 2 aromatic carbocycles. The van der Waals surface area contributed by atoms with Crippen molar-refractivity contribution in [3.05, 3.63) is 36.4 Å². The second kappa shape index (κ2) is 8.10. The maximum absolute atomic E-state index is 12.0. The normalized spacial score (nSPS) is 11.3. The van der Waals surface area contributed by atoms with Gasteiger partial charge in [-0.3, -0.25) is 0 Å². The molecule has 0 unspecified atom stereocenters. The molecule has 2 amide bonds. The summed E-state index contributed by atoms with van der Waals surface area (Å²) in [6.07, 6.45) is 1.68. The number of esters is 1. The first-order valence-electron chi connectivity index (χ1n) is 7.77. The minimum absolute atomic E-state index is 0.0203. The van der Waals surface area contributed by atoms with Crippen molar-refractivity contribution in [2.24, 2.45) is 4.99 Å². The number of aromatic hydroxyl groups is 1. The first-order chi connectivity index (χ1) is 11.5. The van der Waals surface area contributed by atoms with Crippen LogP contribution in [0.5, 0.6) is 5.75 Å². The maximum atomic E-state index is 12.0. The van der Waals surface area contributed by atoms with Crippen LogP contribution < -0.4 is 5.32 Å². The highest BCUT2D eigenvalue weighted by molar-refractivity contribution is 6.37. The van der Waals surface area contributed by atoms with Crippen LogP contribution in [0.4, 0.5) is 10.5 Å². The zero-order valence-corrected chi connectivity index (χ0v) is 13.7. The summed E-state index contributed by atoms with van der Waals surface area (Å²) in [7, 11) is 0. The fourth-order valence-corrected chi connectivity index (χ4v) is 2.18. The Morgan fingerprint density at radius 3 is 2.62 bits per heavy atom. The van der Waals surface area contributed by atoms with Gasteiger partial charge in [-0.1, -0.05) is 37.6 Å². The summed E-state index contributed by atoms with van der Waals surface area (Å²) in [5.41, 5.74) is 0.402. The molecule has 0 radical (unpaired) electrons. The SMILES string of the molecule is CCCCOC(=O)C(C)=NC(=O)Nc1cccc2cccc(O)c12. The van der Waals surface area contributed by atoms with Gasteiger partial charge in [-0.25, -0.2) is 9.59 Å². The van der Waals surface area contributed by atoms with Crippen LogP contribution in [0, 0.1) is 0 Å². The number of amides is 2. The number of carbonyl (C=O) groups is 2. The van der Waals surface area contributed by atoms with Gasteiger partial charge in [0.2, 0.25) is 0 Å². The molecule has 24 heavy (non-hydrogen) atoms. The standard InChI is InChI=1S/C18H20N2O4/c1-3-4-11-24-17(22)12(2)19-18(23)20-14-9-5-7-13-8-6-10-15(21)16(13)14/h5-10,21H,3-4,11H2,1-2H3,(H,20,23). The number of fused-ring (bicyclic) bond motifs is 1. The quantitative estimate of drug-likeness (QED) is 0.495. The molecule has 0 aromatic heterocycles. The van der Waals surface area contributed by atoms with Crippen molar-refractivity contribution in [3.63, 3.8) is 0 Å². The largest absolute Gasteiger partial charge is 0.507 e. The number of anilines is 1. The minimum Gasteiger partial charge on any atom is -0.507 e. The second-order valence-corrected chi connectivity index (χ2v) is 5.30. The lowest BCUT2D eigenvalue weighted by atomic mass is 10.1. The Labute approximate surface area is 140 Å². The molecule has 0 spiro atoms. The van der Waals surface area contributed by atoms with E-state index in [4.69, 9.17) is 4.74 Å². The number of unbranched alkanes of at least 4 members (excludes halogenated alkanes) is 1. The summed E-state index contributed by atoms with van der Waals surface area (Å²) >= 11 is 0. The number of benzene rings is 2. The minimum atomic E-state index is -0.698. The predicted molar refractivity (Wildman–Crippen MR) is 93.6 cm³/mol. The Balaban J connectivity index is 2.13. The van der Waals surface area contributed by atoms with Crippen LogP contribution in [0.25, 0.3) is 10.8 Å². The summed E-state index contributed by atoms with van der Waals surface area (Å²) < 4.78 is 4.99. The number of nitrogens with zero attached hydrogens (tertiary/aromatic N) is 1. The monoisotopic (exact) mass is 328 g/mol. The van der Waals surface area contributed by atoms with E-state index in [2.05, 4.69) is 10.3 Å². The van der Waals surface area contributed by atoms with Crippen molar-refractivity contribution >= 4 is 34.2 Å². The maximum Gasteiger partial charge on any atom is 0.352 e. The van der Waals surface area contributed by atoms with Gasteiger partial charge < -0.3 is 15.2 Å². The fourth-order valence-electron chi connectivity index (χ4n) is 2.18. The van der Waals surface area contributed by atoms with E-state index in [0.717, 1.165) is 18.2 Å². The summed E-state index contributed by atoms with van der Waals surface area (Å²) in [5.74, 6) is -0.553. The number of carbonyl (C=O) groups excluding carboxylic acids is 2. The summed E-state index contributed by atoms with van der Waals surface area (Å²) in [6.45, 7) is 3.72. The average molecular weight is 328 g/mol. The van der Waals surface area contributed by atoms with E-state index in [1.807, 2.05) is 19.1 Å². The number of nitrogens with one attached hydrogen (secondary N) is 1. The van der Waals surface area contributed by atoms with Gasteiger partial charge in [0.25, 0.3) is 0 Å². The average Bonchev–Trinajstić information content (AvgIpc) is 2.55. The van der Waals surface area contributed by atoms with E-state index >= 15 is 0 Å². The molecule has 0 saturated carbocycles. The summed E-state index contributed by atoms with van der Waals surface area (Å²) in [6, 6.07) is 9.62. The fraction of sp³-hybridized carbons (Fsp3) is 0.278. The highest BCUT2D eigenvalue weighted by Crippen LogP contribution is 2.31. The van der Waals surface area contributed by atoms with Gasteiger partial charge in [-0.05, 0) is 30.9 Å². The number of aliphatic imine (C=N–C) groups is 1. The molecule has 2 aromatic rings. The van der Waals surface area contributed by atoms with Crippen LogP contribution in [-0.2, 0) is 9.53 Å². The first-order valence-corrected chi connectivity index (χ1v) is 7.77. The molecule has 126 valence electrons. The Morgan fingerprint density at radius 2 is 1.92 bits per heavy atom. The van der Waals surface area contributed by atoms with Crippen LogP contribution in [0.3, 0.4) is 0 Å². The second-order valence-electron chi connectivity index (χ2n) is 5.30. The molecule has 6 heteroatoms. The number of rotatable bonds is 5. The lowest BCUT2D eigenvalue weighted by Gasteiger charge is -2.08. The highest BCUT2D eigenvalue weighted by atomic mass is 16.5. The molecule has 0 fully saturated rings. The van der Waals surface area contributed by atoms with E-state index in [9.17, 15) is 14.7 Å². The van der Waals surface area contributed by atoms with Crippen molar-refractivity contribution in [2.75, 3.05) is 11.9 Å². The van der Waals surface area contributed by atoms with E-state index < -0.39 is 12.0 Å². The molecule has 0 aliphatic carbocycles. The molecule has 2 N–H and O–H groups in total. The third-order valence-corrected chi connectivity index (χ3v) is 3.42. The molecule has 0 atom stereocenters. The Bertz CT molecular complexity index is 778. The van der Waals surface area contributed by atoms with Gasteiger partial charge in [0, 0.05) is 5.39 Å². The number of urea groups is 1. The van der Waals surface area contributed by atoms with Crippen LogP contribution in [-0.4, -0.2) is 29.4 Å². The van der Waals surface area contributed by atoms with E-state index in [1.54, 1.807) is 18.2 Å². The van der Waals surface area contributed by atoms with Crippen molar-refractivity contribution in [2.45, 2.75) is 26.7 Å². The predicted octanol–water partition coefficient (Wildman–Crippen LogP) is 3.88. The number of ether oxygens (including phenoxy) is 1. The molecular formula is C18H20N2O4. The molecule has 0 aliphatic rings. The lowest BCUT2D eigenvalue weighted by molar-refractivity contribution is -0.135. The van der Waals surface area contributed by atoms with Gasteiger partial charge >= 0.3 is 12.0 Å². The molecule has 0 saturated heterocycles. The van der Waals surface area contributed by atoms with Gasteiger partial charge in [0.1, 0.15) is 11.5 Å². The van der Waals surface area contributed by atoms with E-state index in [0.29, 0.717) is 17.7 Å². The zero-order valence-electron chi connectivity index (χ0n) is 13.7. The van der Waals surface area contributed by atoms with Gasteiger partial charge in [-0.15, -0.1) is 0 Å². The molecule has 6 nitrogen and oxygen atoms in total. The van der Waals surface area contributed by atoms with Crippen LogP contribution in [0.2, 0.25) is 0 Å². The number of hydrogen-bond donors (Lipinski definition) is 2. The first kappa shape index (κ1) is 17.5. The third kappa shape index (κ3) is 4.32. The van der Waals surface area contributed by atoms with Crippen LogP contribution in [0.15, 0.2) is 41.4 Å². The smallest absolute Gasteiger partial charge is 0.352 e. The topological polar surface area (TPSA) is 88.0 Å². The van der Waals surface area contributed by atoms with Gasteiger partial charge in [0.05, 0.1) is 12.3 Å². The summed E-state index contributed by atoms with van der Waals surface area (Å²) in [4.78, 5) is 27.4. The third-order valence-electron chi connectivity index (χ3n) is 3.42. The van der Waals surface area contributed by atoms with Gasteiger partial charge in [0.15, 0.2) is 0 Å². The molecular weight excluding hydrogens is 308 g/mol. The van der Waals surface area contributed by atoms with Gasteiger partial charge in [-0.2, -0.15) is 4.99 Å². The number of phenolic OH excluding ortho intramolecular Hbond substituents is 1. The Hall–Kier alpha value is -2.89. The molecule has 2 rings (SSSR count). The summed E-state index contributed by atoms with van der Waals surface area (Å²) in [5, 5.41) is 13.9. The molecule has 0 bridgehead atoms. The van der Waals surface area contributed by atoms with Crippen molar-refractivity contribution in [1.29, 1.82) is 0 Å².